The van der Waals surface area contributed by atoms with E-state index in [2.05, 4.69) is 58.4 Å². The summed E-state index contributed by atoms with van der Waals surface area (Å²) in [7, 11) is 2.11. The van der Waals surface area contributed by atoms with E-state index in [0.717, 1.165) is 30.0 Å². The number of nitrogens with one attached hydrogen (secondary N) is 1. The molecule has 1 saturated heterocycles. The molecule has 0 aliphatic carbocycles. The number of benzene rings is 3. The van der Waals surface area contributed by atoms with Gasteiger partial charge < -0.3 is 15.1 Å². The Labute approximate surface area is 206 Å². The molecule has 4 aromatic rings. The highest BCUT2D eigenvalue weighted by molar-refractivity contribution is 5.95. The van der Waals surface area contributed by atoms with Gasteiger partial charge in [0.1, 0.15) is 12.1 Å². The van der Waals surface area contributed by atoms with E-state index in [1.807, 2.05) is 65.6 Å². The van der Waals surface area contributed by atoms with Gasteiger partial charge in [0.25, 0.3) is 5.91 Å². The molecule has 1 amide bonds. The molecule has 1 fully saturated rings. The number of likely N-dealkylation sites (N-methyl/N-ethyl adjacent to an activating group) is 1. The summed E-state index contributed by atoms with van der Waals surface area (Å²) < 4.78 is 0. The molecule has 176 valence electrons. The summed E-state index contributed by atoms with van der Waals surface area (Å²) >= 11 is 0. The Morgan fingerprint density at radius 2 is 1.71 bits per heavy atom. The van der Waals surface area contributed by atoms with Crippen LogP contribution < -0.4 is 5.32 Å². The molecule has 0 unspecified atom stereocenters. The molecule has 0 saturated carbocycles. The highest BCUT2D eigenvalue weighted by Gasteiger charge is 2.30. The molecule has 2 heterocycles. The van der Waals surface area contributed by atoms with E-state index in [-0.39, 0.29) is 11.9 Å². The summed E-state index contributed by atoms with van der Waals surface area (Å²) in [5.41, 5.74) is 5.82. The molecule has 6 nitrogen and oxygen atoms in total. The molecule has 1 aromatic heterocycles. The number of carbonyl (C=O) groups is 1. The largest absolute Gasteiger partial charge is 0.340 e. The van der Waals surface area contributed by atoms with Crippen LogP contribution in [0.15, 0.2) is 91.3 Å². The lowest BCUT2D eigenvalue weighted by Crippen LogP contribution is -2.49. The number of aromatic nitrogens is 2. The Morgan fingerprint density at radius 1 is 0.914 bits per heavy atom. The van der Waals surface area contributed by atoms with Crippen molar-refractivity contribution in [3.63, 3.8) is 0 Å². The maximum atomic E-state index is 13.5. The van der Waals surface area contributed by atoms with Crippen LogP contribution in [0.1, 0.15) is 27.5 Å². The van der Waals surface area contributed by atoms with Crippen LogP contribution in [-0.4, -0.2) is 52.4 Å². The summed E-state index contributed by atoms with van der Waals surface area (Å²) in [4.78, 5) is 26.5. The fraction of sp³-hybridized carbons (Fsp3) is 0.207. The monoisotopic (exact) mass is 463 g/mol. The molecule has 3 aromatic carbocycles. The number of piperazine rings is 1. The third-order valence-corrected chi connectivity index (χ3v) is 6.41. The van der Waals surface area contributed by atoms with Crippen molar-refractivity contribution in [1.29, 1.82) is 0 Å². The van der Waals surface area contributed by atoms with Crippen LogP contribution >= 0.6 is 0 Å². The zero-order valence-corrected chi connectivity index (χ0v) is 20.1. The van der Waals surface area contributed by atoms with Crippen molar-refractivity contribution in [1.82, 2.24) is 19.8 Å². The van der Waals surface area contributed by atoms with Crippen molar-refractivity contribution in [2.75, 3.05) is 32.0 Å². The molecule has 1 aliphatic heterocycles. The van der Waals surface area contributed by atoms with Crippen molar-refractivity contribution >= 4 is 17.4 Å². The van der Waals surface area contributed by atoms with Crippen molar-refractivity contribution < 1.29 is 4.79 Å². The molecular formula is C29H29N5O. The van der Waals surface area contributed by atoms with Crippen LogP contribution in [-0.2, 0) is 0 Å². The normalized spacial score (nSPS) is 16.2. The standard InChI is InChI=1S/C29H29N5O/c1-21-7-6-10-24(17-21)26-18-28(31-20-30-26)32-25-13-11-23(12-14-25)29(35)34-16-15-33(2)19-27(34)22-8-4-3-5-9-22/h3-14,17-18,20,27H,15-16,19H2,1-2H3,(H,30,31,32)/t27-/m1/s1. The average Bonchev–Trinajstić information content (AvgIpc) is 2.89. The predicted octanol–water partition coefficient (Wildman–Crippen LogP) is 5.32. The van der Waals surface area contributed by atoms with Crippen LogP contribution in [0, 0.1) is 6.92 Å². The smallest absolute Gasteiger partial charge is 0.254 e. The Hall–Kier alpha value is -4.03. The van der Waals surface area contributed by atoms with Gasteiger partial charge in [-0.15, -0.1) is 0 Å². The summed E-state index contributed by atoms with van der Waals surface area (Å²) in [6, 6.07) is 28.1. The number of anilines is 2. The summed E-state index contributed by atoms with van der Waals surface area (Å²) in [5, 5.41) is 3.33. The van der Waals surface area contributed by atoms with Crippen LogP contribution in [0.2, 0.25) is 0 Å². The first-order valence-electron chi connectivity index (χ1n) is 11.9. The number of amides is 1. The second-order valence-electron chi connectivity index (χ2n) is 9.05. The second-order valence-corrected chi connectivity index (χ2v) is 9.05. The second kappa shape index (κ2) is 10.1. The van der Waals surface area contributed by atoms with Gasteiger partial charge in [0.2, 0.25) is 0 Å². The van der Waals surface area contributed by atoms with E-state index in [9.17, 15) is 4.79 Å². The van der Waals surface area contributed by atoms with Gasteiger partial charge in [-0.2, -0.15) is 0 Å². The minimum atomic E-state index is 0.0429. The van der Waals surface area contributed by atoms with Gasteiger partial charge >= 0.3 is 0 Å². The van der Waals surface area contributed by atoms with E-state index in [4.69, 9.17) is 0 Å². The van der Waals surface area contributed by atoms with Gasteiger partial charge in [-0.3, -0.25) is 4.79 Å². The molecular weight excluding hydrogens is 434 g/mol. The first-order chi connectivity index (χ1) is 17.1. The number of carbonyl (C=O) groups excluding carboxylic acids is 1. The molecule has 1 atom stereocenters. The lowest BCUT2D eigenvalue weighted by atomic mass is 10.0. The lowest BCUT2D eigenvalue weighted by Gasteiger charge is -2.40. The number of hydrogen-bond acceptors (Lipinski definition) is 5. The molecule has 5 rings (SSSR count). The van der Waals surface area contributed by atoms with E-state index in [1.165, 1.54) is 11.1 Å². The predicted molar refractivity (Wildman–Crippen MR) is 140 cm³/mol. The number of hydrogen-bond donors (Lipinski definition) is 1. The third-order valence-electron chi connectivity index (χ3n) is 6.41. The van der Waals surface area contributed by atoms with Gasteiger partial charge in [0.15, 0.2) is 0 Å². The molecule has 35 heavy (non-hydrogen) atoms. The SMILES string of the molecule is Cc1cccc(-c2cc(Nc3ccc(C(=O)N4CCN(C)C[C@@H]4c4ccccc4)cc3)ncn2)c1. The van der Waals surface area contributed by atoms with Gasteiger partial charge in [0, 0.05) is 42.5 Å². The topological polar surface area (TPSA) is 61.4 Å². The van der Waals surface area contributed by atoms with Gasteiger partial charge in [-0.1, -0.05) is 54.1 Å². The first kappa shape index (κ1) is 22.7. The first-order valence-corrected chi connectivity index (χ1v) is 11.9. The van der Waals surface area contributed by atoms with Crippen LogP contribution in [0.25, 0.3) is 11.3 Å². The zero-order valence-electron chi connectivity index (χ0n) is 20.1. The maximum Gasteiger partial charge on any atom is 0.254 e. The Kier molecular flexibility index (Phi) is 6.55. The van der Waals surface area contributed by atoms with E-state index in [0.29, 0.717) is 17.9 Å². The lowest BCUT2D eigenvalue weighted by molar-refractivity contribution is 0.0498. The van der Waals surface area contributed by atoms with Gasteiger partial charge in [-0.25, -0.2) is 9.97 Å². The fourth-order valence-electron chi connectivity index (χ4n) is 4.52. The van der Waals surface area contributed by atoms with Crippen molar-refractivity contribution in [2.24, 2.45) is 0 Å². The highest BCUT2D eigenvalue weighted by atomic mass is 16.2. The molecule has 1 N–H and O–H groups in total. The molecule has 0 spiro atoms. The number of nitrogens with zero attached hydrogens (tertiary/aromatic N) is 4. The van der Waals surface area contributed by atoms with E-state index < -0.39 is 0 Å². The molecule has 6 heteroatoms. The quantitative estimate of drug-likeness (QED) is 0.434. The van der Waals surface area contributed by atoms with Crippen LogP contribution in [0.3, 0.4) is 0 Å². The molecule has 0 bridgehead atoms. The Morgan fingerprint density at radius 3 is 2.49 bits per heavy atom. The Bertz CT molecular complexity index is 1310. The minimum absolute atomic E-state index is 0.0429. The van der Waals surface area contributed by atoms with E-state index in [1.54, 1.807) is 6.33 Å². The maximum absolute atomic E-state index is 13.5. The molecule has 1 aliphatic rings. The molecule has 0 radical (unpaired) electrons. The fourth-order valence-corrected chi connectivity index (χ4v) is 4.52. The zero-order chi connectivity index (χ0) is 24.2. The Balaban J connectivity index is 1.32. The average molecular weight is 464 g/mol. The van der Waals surface area contributed by atoms with Crippen molar-refractivity contribution in [3.8, 4) is 11.3 Å². The number of rotatable bonds is 5. The minimum Gasteiger partial charge on any atom is -0.340 e. The van der Waals surface area contributed by atoms with Crippen molar-refractivity contribution in [3.05, 3.63) is 108 Å². The van der Waals surface area contributed by atoms with Crippen molar-refractivity contribution in [2.45, 2.75) is 13.0 Å². The highest BCUT2D eigenvalue weighted by Crippen LogP contribution is 2.27. The summed E-state index contributed by atoms with van der Waals surface area (Å²) in [5.74, 6) is 0.765. The third kappa shape index (κ3) is 5.23. The van der Waals surface area contributed by atoms with E-state index >= 15 is 0 Å². The number of aryl methyl sites for hydroxylation is 1. The van der Waals surface area contributed by atoms with Crippen LogP contribution in [0.5, 0.6) is 0 Å². The van der Waals surface area contributed by atoms with Gasteiger partial charge in [-0.05, 0) is 49.9 Å². The van der Waals surface area contributed by atoms with Gasteiger partial charge in [0.05, 0.1) is 11.7 Å². The summed E-state index contributed by atoms with van der Waals surface area (Å²) in [6.45, 7) is 4.46. The van der Waals surface area contributed by atoms with Crippen LogP contribution in [0.4, 0.5) is 11.5 Å². The summed E-state index contributed by atoms with van der Waals surface area (Å²) in [6.07, 6.45) is 1.56.